The van der Waals surface area contributed by atoms with Crippen LogP contribution in [0.1, 0.15) is 18.6 Å². The molecule has 0 aliphatic carbocycles. The summed E-state index contributed by atoms with van der Waals surface area (Å²) in [6, 6.07) is 3.62. The van der Waals surface area contributed by atoms with Gasteiger partial charge in [0.2, 0.25) is 0 Å². The highest BCUT2D eigenvalue weighted by Crippen LogP contribution is 2.21. The molecular weight excluding hydrogens is 209 g/mol. The molecule has 0 amide bonds. The van der Waals surface area contributed by atoms with Gasteiger partial charge in [-0.15, -0.1) is 0 Å². The van der Waals surface area contributed by atoms with Gasteiger partial charge in [0.15, 0.2) is 0 Å². The van der Waals surface area contributed by atoms with E-state index in [2.05, 4.69) is 4.74 Å². The molecule has 2 nitrogen and oxygen atoms in total. The summed E-state index contributed by atoms with van der Waals surface area (Å²) in [5, 5.41) is 9.11. The monoisotopic (exact) mass is 220 g/mol. The lowest BCUT2D eigenvalue weighted by molar-refractivity contribution is 0.0816. The average molecular weight is 220 g/mol. The second-order valence-corrected chi connectivity index (χ2v) is 3.06. The van der Waals surface area contributed by atoms with Crippen LogP contribution in [0.3, 0.4) is 0 Å². The lowest BCUT2D eigenvalue weighted by atomic mass is 10.1. The SMILES string of the molecule is CC(O)c1ccc(OCC(F)F)cc1F. The Balaban J connectivity index is 2.73. The van der Waals surface area contributed by atoms with Crippen LogP contribution in [0.15, 0.2) is 18.2 Å². The number of hydrogen-bond donors (Lipinski definition) is 1. The number of halogens is 3. The predicted octanol–water partition coefficient (Wildman–Crippen LogP) is 2.52. The molecule has 1 aromatic carbocycles. The minimum absolute atomic E-state index is 0.0252. The molecule has 0 bridgehead atoms. The fraction of sp³-hybridized carbons (Fsp3) is 0.400. The number of ether oxygens (including phenoxy) is 1. The first-order valence-corrected chi connectivity index (χ1v) is 4.39. The molecule has 1 rings (SSSR count). The molecule has 0 radical (unpaired) electrons. The van der Waals surface area contributed by atoms with E-state index >= 15 is 0 Å². The molecule has 1 N–H and O–H groups in total. The lowest BCUT2D eigenvalue weighted by Gasteiger charge is -2.09. The zero-order valence-corrected chi connectivity index (χ0v) is 8.08. The van der Waals surface area contributed by atoms with Crippen LogP contribution in [0.4, 0.5) is 13.2 Å². The van der Waals surface area contributed by atoms with E-state index in [0.717, 1.165) is 6.07 Å². The van der Waals surface area contributed by atoms with E-state index in [4.69, 9.17) is 5.11 Å². The summed E-state index contributed by atoms with van der Waals surface area (Å²) in [7, 11) is 0. The van der Waals surface area contributed by atoms with Crippen LogP contribution in [0.2, 0.25) is 0 Å². The Morgan fingerprint density at radius 2 is 2.07 bits per heavy atom. The van der Waals surface area contributed by atoms with Gasteiger partial charge in [0, 0.05) is 11.6 Å². The van der Waals surface area contributed by atoms with Gasteiger partial charge < -0.3 is 9.84 Å². The average Bonchev–Trinajstić information content (AvgIpc) is 2.14. The van der Waals surface area contributed by atoms with Gasteiger partial charge in [-0.25, -0.2) is 13.2 Å². The van der Waals surface area contributed by atoms with Crippen LogP contribution in [0.25, 0.3) is 0 Å². The summed E-state index contributed by atoms with van der Waals surface area (Å²) in [5.74, 6) is -0.644. The minimum Gasteiger partial charge on any atom is -0.488 e. The number of benzene rings is 1. The van der Waals surface area contributed by atoms with Gasteiger partial charge in [-0.05, 0) is 19.1 Å². The molecule has 0 aliphatic heterocycles. The van der Waals surface area contributed by atoms with Crippen molar-refractivity contribution in [2.75, 3.05) is 6.61 Å². The molecule has 0 saturated carbocycles. The van der Waals surface area contributed by atoms with Crippen LogP contribution in [0, 0.1) is 5.82 Å². The topological polar surface area (TPSA) is 29.5 Å². The number of alkyl halides is 2. The van der Waals surface area contributed by atoms with Crippen LogP contribution >= 0.6 is 0 Å². The molecule has 15 heavy (non-hydrogen) atoms. The van der Waals surface area contributed by atoms with Crippen molar-refractivity contribution >= 4 is 0 Å². The molecule has 1 aromatic rings. The van der Waals surface area contributed by atoms with Gasteiger partial charge in [-0.2, -0.15) is 0 Å². The summed E-state index contributed by atoms with van der Waals surface area (Å²) in [4.78, 5) is 0. The molecule has 0 aliphatic rings. The van der Waals surface area contributed by atoms with Crippen molar-refractivity contribution in [3.05, 3.63) is 29.6 Å². The third-order valence-corrected chi connectivity index (χ3v) is 1.80. The summed E-state index contributed by atoms with van der Waals surface area (Å²) < 4.78 is 41.3. The maximum Gasteiger partial charge on any atom is 0.272 e. The quantitative estimate of drug-likeness (QED) is 0.844. The summed E-state index contributed by atoms with van der Waals surface area (Å²) in [5.41, 5.74) is 0.111. The molecule has 0 fully saturated rings. The Morgan fingerprint density at radius 1 is 1.40 bits per heavy atom. The van der Waals surface area contributed by atoms with Crippen LogP contribution < -0.4 is 4.74 Å². The fourth-order valence-electron chi connectivity index (χ4n) is 1.10. The predicted molar refractivity (Wildman–Crippen MR) is 48.5 cm³/mol. The van der Waals surface area contributed by atoms with Crippen molar-refractivity contribution in [1.82, 2.24) is 0 Å². The molecule has 1 unspecified atom stereocenters. The van der Waals surface area contributed by atoms with E-state index in [9.17, 15) is 13.2 Å². The first-order chi connectivity index (χ1) is 7.00. The molecular formula is C10H11F3O2. The molecule has 0 saturated heterocycles. The first-order valence-electron chi connectivity index (χ1n) is 4.39. The Labute approximate surface area is 85.3 Å². The highest BCUT2D eigenvalue weighted by molar-refractivity contribution is 5.29. The summed E-state index contributed by atoms with van der Waals surface area (Å²) in [6.45, 7) is 0.644. The molecule has 0 heterocycles. The summed E-state index contributed by atoms with van der Waals surface area (Å²) in [6.07, 6.45) is -3.53. The van der Waals surface area contributed by atoms with Gasteiger partial charge in [-0.1, -0.05) is 0 Å². The fourth-order valence-corrected chi connectivity index (χ4v) is 1.10. The van der Waals surface area contributed by atoms with Gasteiger partial charge in [0.25, 0.3) is 6.43 Å². The standard InChI is InChI=1S/C10H11F3O2/c1-6(14)8-3-2-7(4-9(8)11)15-5-10(12)13/h2-4,6,10,14H,5H2,1H3. The van der Waals surface area contributed by atoms with Crippen LogP contribution in [-0.2, 0) is 0 Å². The van der Waals surface area contributed by atoms with Gasteiger partial charge in [0.1, 0.15) is 18.2 Å². The van der Waals surface area contributed by atoms with Crippen molar-refractivity contribution in [3.63, 3.8) is 0 Å². The van der Waals surface area contributed by atoms with Crippen molar-refractivity contribution in [1.29, 1.82) is 0 Å². The molecule has 0 aromatic heterocycles. The Kier molecular flexibility index (Phi) is 3.96. The second-order valence-electron chi connectivity index (χ2n) is 3.06. The van der Waals surface area contributed by atoms with Gasteiger partial charge >= 0.3 is 0 Å². The van der Waals surface area contributed by atoms with Crippen LogP contribution in [-0.4, -0.2) is 18.1 Å². The maximum absolute atomic E-state index is 13.2. The number of hydrogen-bond acceptors (Lipinski definition) is 2. The second kappa shape index (κ2) is 5.02. The van der Waals surface area contributed by atoms with E-state index in [1.54, 1.807) is 0 Å². The van der Waals surface area contributed by atoms with Crippen LogP contribution in [0.5, 0.6) is 5.75 Å². The van der Waals surface area contributed by atoms with Crippen molar-refractivity contribution in [2.45, 2.75) is 19.5 Å². The Morgan fingerprint density at radius 3 is 2.53 bits per heavy atom. The zero-order chi connectivity index (χ0) is 11.4. The van der Waals surface area contributed by atoms with E-state index in [1.807, 2.05) is 0 Å². The number of rotatable bonds is 4. The molecule has 84 valence electrons. The molecule has 0 spiro atoms. The highest BCUT2D eigenvalue weighted by Gasteiger charge is 2.10. The van der Waals surface area contributed by atoms with Crippen molar-refractivity contribution < 1.29 is 23.0 Å². The smallest absolute Gasteiger partial charge is 0.272 e. The van der Waals surface area contributed by atoms with E-state index in [0.29, 0.717) is 0 Å². The summed E-state index contributed by atoms with van der Waals surface area (Å²) >= 11 is 0. The highest BCUT2D eigenvalue weighted by atomic mass is 19.3. The number of aliphatic hydroxyl groups is 1. The normalized spacial score (nSPS) is 12.9. The molecule has 1 atom stereocenters. The van der Waals surface area contributed by atoms with Crippen molar-refractivity contribution in [3.8, 4) is 5.75 Å². The van der Waals surface area contributed by atoms with Gasteiger partial charge in [-0.3, -0.25) is 0 Å². The molecule has 5 heteroatoms. The third-order valence-electron chi connectivity index (χ3n) is 1.80. The van der Waals surface area contributed by atoms with E-state index < -0.39 is 25.0 Å². The van der Waals surface area contributed by atoms with E-state index in [-0.39, 0.29) is 11.3 Å². The number of aliphatic hydroxyl groups excluding tert-OH is 1. The minimum atomic E-state index is -2.59. The zero-order valence-electron chi connectivity index (χ0n) is 8.08. The van der Waals surface area contributed by atoms with Gasteiger partial charge in [0.05, 0.1) is 6.10 Å². The Bertz CT molecular complexity index is 326. The largest absolute Gasteiger partial charge is 0.488 e. The first kappa shape index (κ1) is 11.8. The third kappa shape index (κ3) is 3.43. The van der Waals surface area contributed by atoms with Crippen molar-refractivity contribution in [2.24, 2.45) is 0 Å². The van der Waals surface area contributed by atoms with E-state index in [1.165, 1.54) is 19.1 Å². The Hall–Kier alpha value is -1.23. The lowest BCUT2D eigenvalue weighted by Crippen LogP contribution is -2.07. The maximum atomic E-state index is 13.2.